The van der Waals surface area contributed by atoms with Crippen molar-refractivity contribution < 1.29 is 9.59 Å². The van der Waals surface area contributed by atoms with Crippen molar-refractivity contribution in [3.8, 4) is 0 Å². The number of ketones is 1. The molecule has 0 aromatic carbocycles. The summed E-state index contributed by atoms with van der Waals surface area (Å²) in [4.78, 5) is 21.0. The van der Waals surface area contributed by atoms with Crippen LogP contribution in [0, 0.1) is 5.92 Å². The van der Waals surface area contributed by atoms with Gasteiger partial charge in [-0.1, -0.05) is 13.8 Å². The van der Waals surface area contributed by atoms with Gasteiger partial charge in [-0.25, -0.2) is 0 Å². The highest BCUT2D eigenvalue weighted by molar-refractivity contribution is 6.28. The van der Waals surface area contributed by atoms with Gasteiger partial charge in [0.05, 0.1) is 11.9 Å². The molecule has 4 heteroatoms. The molecule has 1 unspecified atom stereocenters. The number of alkyl halides is 1. The highest BCUT2D eigenvalue weighted by atomic mass is 35.5. The Bertz CT molecular complexity index is 147. The van der Waals surface area contributed by atoms with Crippen molar-refractivity contribution in [3.05, 3.63) is 0 Å². The summed E-state index contributed by atoms with van der Waals surface area (Å²) >= 11 is 5.32. The summed E-state index contributed by atoms with van der Waals surface area (Å²) in [6, 6.07) is -0.440. The first-order valence-corrected chi connectivity index (χ1v) is 3.95. The van der Waals surface area contributed by atoms with Gasteiger partial charge in [0.1, 0.15) is 0 Å². The second-order valence-electron chi connectivity index (χ2n) is 2.61. The van der Waals surface area contributed by atoms with E-state index in [1.807, 2.05) is 13.8 Å². The maximum absolute atomic E-state index is 11.0. The van der Waals surface area contributed by atoms with Crippen LogP contribution in [0.4, 0.5) is 0 Å². The van der Waals surface area contributed by atoms with E-state index in [1.165, 1.54) is 0 Å². The summed E-state index contributed by atoms with van der Waals surface area (Å²) in [5.41, 5.74) is 0. The molecule has 64 valence electrons. The first-order chi connectivity index (χ1) is 5.13. The lowest BCUT2D eigenvalue weighted by Gasteiger charge is -2.16. The highest BCUT2D eigenvalue weighted by Gasteiger charge is 2.19. The minimum Gasteiger partial charge on any atom is -0.349 e. The first-order valence-electron chi connectivity index (χ1n) is 3.41. The standard InChI is InChI=1S/C7H12ClNO2/c1-5(2)7(9-4-10)6(11)3-8/h4-5,7H,3H2,1-2H3,(H,9,10). The quantitative estimate of drug-likeness (QED) is 0.493. The number of nitrogens with one attached hydrogen (secondary N) is 1. The molecule has 0 aliphatic carbocycles. The van der Waals surface area contributed by atoms with E-state index >= 15 is 0 Å². The van der Waals surface area contributed by atoms with Crippen molar-refractivity contribution in [2.24, 2.45) is 5.92 Å². The van der Waals surface area contributed by atoms with Crippen LogP contribution >= 0.6 is 11.6 Å². The summed E-state index contributed by atoms with van der Waals surface area (Å²) in [5, 5.41) is 2.42. The highest BCUT2D eigenvalue weighted by Crippen LogP contribution is 2.02. The predicted molar refractivity (Wildman–Crippen MR) is 43.6 cm³/mol. The van der Waals surface area contributed by atoms with Crippen LogP contribution in [0.15, 0.2) is 0 Å². The zero-order chi connectivity index (χ0) is 8.85. The Kier molecular flexibility index (Phi) is 4.86. The van der Waals surface area contributed by atoms with Crippen molar-refractivity contribution in [3.63, 3.8) is 0 Å². The fourth-order valence-electron chi connectivity index (χ4n) is 0.814. The zero-order valence-electron chi connectivity index (χ0n) is 6.63. The summed E-state index contributed by atoms with van der Waals surface area (Å²) in [6.07, 6.45) is 0.523. The van der Waals surface area contributed by atoms with E-state index in [1.54, 1.807) is 0 Å². The van der Waals surface area contributed by atoms with E-state index in [-0.39, 0.29) is 17.6 Å². The maximum atomic E-state index is 11.0. The van der Waals surface area contributed by atoms with E-state index < -0.39 is 6.04 Å². The molecular formula is C7H12ClNO2. The maximum Gasteiger partial charge on any atom is 0.207 e. The smallest absolute Gasteiger partial charge is 0.207 e. The number of hydrogen-bond acceptors (Lipinski definition) is 2. The molecule has 0 spiro atoms. The molecule has 0 aromatic rings. The number of carbonyl (C=O) groups excluding carboxylic acids is 2. The largest absolute Gasteiger partial charge is 0.349 e. The normalized spacial score (nSPS) is 12.7. The number of Topliss-reactive ketones (excluding diaryl/α,β-unsaturated/α-hetero) is 1. The zero-order valence-corrected chi connectivity index (χ0v) is 7.39. The molecule has 0 fully saturated rings. The fourth-order valence-corrected chi connectivity index (χ4v) is 0.980. The van der Waals surface area contributed by atoms with Gasteiger partial charge in [-0.05, 0) is 5.92 Å². The van der Waals surface area contributed by atoms with E-state index in [9.17, 15) is 9.59 Å². The SMILES string of the molecule is CC(C)C(NC=O)C(=O)CCl. The molecule has 1 amide bonds. The number of hydrogen-bond donors (Lipinski definition) is 1. The lowest BCUT2D eigenvalue weighted by molar-refractivity contribution is -0.122. The molecule has 0 rings (SSSR count). The molecule has 0 saturated heterocycles. The molecule has 0 heterocycles. The Hall–Kier alpha value is -0.570. The monoisotopic (exact) mass is 177 g/mol. The lowest BCUT2D eigenvalue weighted by atomic mass is 10.0. The van der Waals surface area contributed by atoms with E-state index in [0.29, 0.717) is 6.41 Å². The molecule has 1 N–H and O–H groups in total. The third-order valence-electron chi connectivity index (χ3n) is 1.39. The van der Waals surface area contributed by atoms with E-state index in [4.69, 9.17) is 11.6 Å². The van der Waals surface area contributed by atoms with Gasteiger partial charge in [0.25, 0.3) is 0 Å². The van der Waals surface area contributed by atoms with Crippen LogP contribution in [0.1, 0.15) is 13.8 Å². The molecule has 3 nitrogen and oxygen atoms in total. The van der Waals surface area contributed by atoms with Gasteiger partial charge in [-0.3, -0.25) is 9.59 Å². The van der Waals surface area contributed by atoms with Crippen LogP contribution in [-0.2, 0) is 9.59 Å². The molecule has 0 aliphatic heterocycles. The Labute approximate surface area is 71.1 Å². The Morgan fingerprint density at radius 2 is 2.18 bits per heavy atom. The number of halogens is 1. The van der Waals surface area contributed by atoms with Crippen molar-refractivity contribution in [2.45, 2.75) is 19.9 Å². The number of rotatable bonds is 5. The average molecular weight is 178 g/mol. The van der Waals surface area contributed by atoms with Gasteiger partial charge in [0, 0.05) is 0 Å². The molecule has 0 aromatic heterocycles. The molecule has 0 saturated carbocycles. The van der Waals surface area contributed by atoms with Gasteiger partial charge in [-0.15, -0.1) is 11.6 Å². The van der Waals surface area contributed by atoms with Crippen LogP contribution in [0.5, 0.6) is 0 Å². The van der Waals surface area contributed by atoms with E-state index in [2.05, 4.69) is 5.32 Å². The van der Waals surface area contributed by atoms with Gasteiger partial charge in [0.2, 0.25) is 6.41 Å². The Morgan fingerprint density at radius 3 is 2.45 bits per heavy atom. The van der Waals surface area contributed by atoms with Crippen molar-refractivity contribution in [1.29, 1.82) is 0 Å². The van der Waals surface area contributed by atoms with Gasteiger partial charge >= 0.3 is 0 Å². The van der Waals surface area contributed by atoms with Crippen LogP contribution in [0.25, 0.3) is 0 Å². The third kappa shape index (κ3) is 3.37. The predicted octanol–water partition coefficient (Wildman–Crippen LogP) is 0.565. The molecule has 1 atom stereocenters. The molecule has 0 radical (unpaired) electrons. The summed E-state index contributed by atoms with van der Waals surface area (Å²) in [5.74, 6) is -0.107. The number of carbonyl (C=O) groups is 2. The van der Waals surface area contributed by atoms with Crippen LogP contribution in [-0.4, -0.2) is 24.1 Å². The van der Waals surface area contributed by atoms with Crippen LogP contribution < -0.4 is 5.32 Å². The Balaban J connectivity index is 4.08. The topological polar surface area (TPSA) is 46.2 Å². The second-order valence-corrected chi connectivity index (χ2v) is 2.87. The fraction of sp³-hybridized carbons (Fsp3) is 0.714. The lowest BCUT2D eigenvalue weighted by Crippen LogP contribution is -2.40. The summed E-state index contributed by atoms with van der Waals surface area (Å²) in [7, 11) is 0. The summed E-state index contributed by atoms with van der Waals surface area (Å²) in [6.45, 7) is 3.71. The summed E-state index contributed by atoms with van der Waals surface area (Å²) < 4.78 is 0. The average Bonchev–Trinajstić information content (AvgIpc) is 1.98. The first kappa shape index (κ1) is 10.4. The van der Waals surface area contributed by atoms with E-state index in [0.717, 1.165) is 0 Å². The van der Waals surface area contributed by atoms with Crippen LogP contribution in [0.3, 0.4) is 0 Å². The van der Waals surface area contributed by atoms with Crippen molar-refractivity contribution in [1.82, 2.24) is 5.32 Å². The minimum absolute atomic E-state index is 0.0519. The van der Waals surface area contributed by atoms with Gasteiger partial charge < -0.3 is 5.32 Å². The van der Waals surface area contributed by atoms with Crippen LogP contribution in [0.2, 0.25) is 0 Å². The molecule has 0 bridgehead atoms. The number of amides is 1. The second kappa shape index (κ2) is 5.13. The van der Waals surface area contributed by atoms with Gasteiger partial charge in [0.15, 0.2) is 5.78 Å². The minimum atomic E-state index is -0.440. The third-order valence-corrected chi connectivity index (χ3v) is 1.66. The molecule has 0 aliphatic rings. The molecular weight excluding hydrogens is 166 g/mol. The van der Waals surface area contributed by atoms with Crippen molar-refractivity contribution in [2.75, 3.05) is 5.88 Å². The Morgan fingerprint density at radius 1 is 1.64 bits per heavy atom. The van der Waals surface area contributed by atoms with Gasteiger partial charge in [-0.2, -0.15) is 0 Å². The van der Waals surface area contributed by atoms with Crippen molar-refractivity contribution >= 4 is 23.8 Å². The molecule has 11 heavy (non-hydrogen) atoms.